The summed E-state index contributed by atoms with van der Waals surface area (Å²) in [5.41, 5.74) is 1.05. The second-order valence-corrected chi connectivity index (χ2v) is 3.55. The van der Waals surface area contributed by atoms with Crippen LogP contribution in [0.5, 0.6) is 5.75 Å². The predicted octanol–water partition coefficient (Wildman–Crippen LogP) is 1.45. The molecule has 78 valence electrons. The van der Waals surface area contributed by atoms with Gasteiger partial charge in [-0.3, -0.25) is 9.59 Å². The smallest absolute Gasteiger partial charge is 0.314 e. The molecule has 1 aliphatic heterocycles. The third-order valence-electron chi connectivity index (χ3n) is 2.55. The summed E-state index contributed by atoms with van der Waals surface area (Å²) < 4.78 is 5.38. The summed E-state index contributed by atoms with van der Waals surface area (Å²) in [4.78, 5) is 21.6. The van der Waals surface area contributed by atoms with Gasteiger partial charge in [0.2, 0.25) is 0 Å². The van der Waals surface area contributed by atoms with E-state index in [2.05, 4.69) is 0 Å². The van der Waals surface area contributed by atoms with Crippen molar-refractivity contribution in [2.45, 2.75) is 18.9 Å². The fourth-order valence-electron chi connectivity index (χ4n) is 1.85. The molecule has 1 heterocycles. The SMILES string of the molecule is C[C@@H]1Oc2ccc(C=O)cc2[C@H]1C(=O)O. The molecule has 2 atom stereocenters. The van der Waals surface area contributed by atoms with E-state index >= 15 is 0 Å². The molecular weight excluding hydrogens is 196 g/mol. The lowest BCUT2D eigenvalue weighted by Crippen LogP contribution is -2.21. The maximum absolute atomic E-state index is 11.0. The highest BCUT2D eigenvalue weighted by molar-refractivity contribution is 5.82. The molecule has 1 N–H and O–H groups in total. The average molecular weight is 206 g/mol. The second-order valence-electron chi connectivity index (χ2n) is 3.55. The zero-order valence-electron chi connectivity index (χ0n) is 8.14. The highest BCUT2D eigenvalue weighted by Crippen LogP contribution is 2.38. The van der Waals surface area contributed by atoms with E-state index in [0.29, 0.717) is 23.2 Å². The first-order valence-corrected chi connectivity index (χ1v) is 4.62. The van der Waals surface area contributed by atoms with Gasteiger partial charge in [-0.1, -0.05) is 0 Å². The molecule has 0 fully saturated rings. The topological polar surface area (TPSA) is 63.6 Å². The summed E-state index contributed by atoms with van der Waals surface area (Å²) in [5.74, 6) is -1.05. The lowest BCUT2D eigenvalue weighted by atomic mass is 9.95. The number of carboxylic acids is 1. The van der Waals surface area contributed by atoms with Gasteiger partial charge < -0.3 is 9.84 Å². The first-order chi connectivity index (χ1) is 7.13. The van der Waals surface area contributed by atoms with Crippen molar-refractivity contribution >= 4 is 12.3 Å². The molecule has 4 nitrogen and oxygen atoms in total. The number of ether oxygens (including phenoxy) is 1. The molecular formula is C11H10O4. The third kappa shape index (κ3) is 1.48. The van der Waals surface area contributed by atoms with Crippen LogP contribution in [0, 0.1) is 0 Å². The maximum atomic E-state index is 11.0. The number of benzene rings is 1. The highest BCUT2D eigenvalue weighted by atomic mass is 16.5. The van der Waals surface area contributed by atoms with E-state index in [1.807, 2.05) is 0 Å². The van der Waals surface area contributed by atoms with Crippen LogP contribution in [0.2, 0.25) is 0 Å². The summed E-state index contributed by atoms with van der Waals surface area (Å²) >= 11 is 0. The zero-order valence-corrected chi connectivity index (χ0v) is 8.14. The normalized spacial score (nSPS) is 23.0. The summed E-state index contributed by atoms with van der Waals surface area (Å²) in [6.07, 6.45) is 0.307. The van der Waals surface area contributed by atoms with Crippen molar-refractivity contribution in [2.24, 2.45) is 0 Å². The van der Waals surface area contributed by atoms with Crippen LogP contribution in [0.4, 0.5) is 0 Å². The van der Waals surface area contributed by atoms with Crippen molar-refractivity contribution in [3.63, 3.8) is 0 Å². The Kier molecular flexibility index (Phi) is 2.19. The van der Waals surface area contributed by atoms with E-state index in [1.54, 1.807) is 25.1 Å². The van der Waals surface area contributed by atoms with Crippen LogP contribution in [-0.2, 0) is 4.79 Å². The molecule has 2 rings (SSSR count). The minimum atomic E-state index is -0.927. The zero-order chi connectivity index (χ0) is 11.0. The van der Waals surface area contributed by atoms with Gasteiger partial charge in [-0.25, -0.2) is 0 Å². The fraction of sp³-hybridized carbons (Fsp3) is 0.273. The number of fused-ring (bicyclic) bond motifs is 1. The minimum Gasteiger partial charge on any atom is -0.489 e. The lowest BCUT2D eigenvalue weighted by Gasteiger charge is -2.08. The van der Waals surface area contributed by atoms with Crippen LogP contribution in [0.25, 0.3) is 0 Å². The third-order valence-corrected chi connectivity index (χ3v) is 2.55. The molecule has 1 aromatic carbocycles. The van der Waals surface area contributed by atoms with Crippen LogP contribution in [0.3, 0.4) is 0 Å². The average Bonchev–Trinajstić information content (AvgIpc) is 2.52. The van der Waals surface area contributed by atoms with Crippen LogP contribution in [0.1, 0.15) is 28.8 Å². The van der Waals surface area contributed by atoms with Gasteiger partial charge in [-0.05, 0) is 25.1 Å². The van der Waals surface area contributed by atoms with Gasteiger partial charge >= 0.3 is 5.97 Å². The molecule has 1 aliphatic rings. The number of rotatable bonds is 2. The maximum Gasteiger partial charge on any atom is 0.314 e. The summed E-state index contributed by atoms with van der Waals surface area (Å²) in [6, 6.07) is 4.83. The molecule has 0 saturated heterocycles. The van der Waals surface area contributed by atoms with Gasteiger partial charge in [0, 0.05) is 11.1 Å². The van der Waals surface area contributed by atoms with Gasteiger partial charge in [-0.15, -0.1) is 0 Å². The molecule has 0 radical (unpaired) electrons. The Labute approximate surface area is 86.5 Å². The summed E-state index contributed by atoms with van der Waals surface area (Å²) in [5, 5.41) is 9.03. The molecule has 0 bridgehead atoms. The van der Waals surface area contributed by atoms with Crippen molar-refractivity contribution < 1.29 is 19.4 Å². The Balaban J connectivity index is 2.50. The van der Waals surface area contributed by atoms with Gasteiger partial charge in [-0.2, -0.15) is 0 Å². The molecule has 0 spiro atoms. The molecule has 15 heavy (non-hydrogen) atoms. The number of carbonyl (C=O) groups is 2. The molecule has 0 amide bonds. The number of carbonyl (C=O) groups excluding carboxylic acids is 1. The van der Waals surface area contributed by atoms with Gasteiger partial charge in [0.05, 0.1) is 0 Å². The van der Waals surface area contributed by atoms with E-state index in [0.717, 1.165) is 0 Å². The Morgan fingerprint density at radius 2 is 2.27 bits per heavy atom. The van der Waals surface area contributed by atoms with Gasteiger partial charge in [0.25, 0.3) is 0 Å². The first-order valence-electron chi connectivity index (χ1n) is 4.62. The Bertz CT molecular complexity index is 425. The Morgan fingerprint density at radius 3 is 2.87 bits per heavy atom. The molecule has 0 aromatic heterocycles. The number of hydrogen-bond acceptors (Lipinski definition) is 3. The summed E-state index contributed by atoms with van der Waals surface area (Å²) in [6.45, 7) is 1.71. The van der Waals surface area contributed by atoms with Crippen molar-refractivity contribution in [1.29, 1.82) is 0 Å². The second kappa shape index (κ2) is 3.38. The molecule has 4 heteroatoms. The predicted molar refractivity (Wildman–Crippen MR) is 52.3 cm³/mol. The minimum absolute atomic E-state index is 0.389. The Morgan fingerprint density at radius 1 is 1.53 bits per heavy atom. The van der Waals surface area contributed by atoms with Crippen LogP contribution < -0.4 is 4.74 Å². The van der Waals surface area contributed by atoms with Crippen LogP contribution >= 0.6 is 0 Å². The van der Waals surface area contributed by atoms with Crippen molar-refractivity contribution in [3.8, 4) is 5.75 Å². The van der Waals surface area contributed by atoms with E-state index in [4.69, 9.17) is 9.84 Å². The quantitative estimate of drug-likeness (QED) is 0.744. The number of carboxylic acid groups (broad SMARTS) is 1. The van der Waals surface area contributed by atoms with Crippen molar-refractivity contribution in [1.82, 2.24) is 0 Å². The molecule has 0 unspecified atom stereocenters. The van der Waals surface area contributed by atoms with Crippen molar-refractivity contribution in [2.75, 3.05) is 0 Å². The van der Waals surface area contributed by atoms with Gasteiger partial charge in [0.1, 0.15) is 24.1 Å². The highest BCUT2D eigenvalue weighted by Gasteiger charge is 2.36. The van der Waals surface area contributed by atoms with Crippen molar-refractivity contribution in [3.05, 3.63) is 29.3 Å². The lowest BCUT2D eigenvalue weighted by molar-refractivity contribution is -0.140. The Hall–Kier alpha value is -1.84. The fourth-order valence-corrected chi connectivity index (χ4v) is 1.85. The van der Waals surface area contributed by atoms with E-state index < -0.39 is 11.9 Å². The molecule has 0 saturated carbocycles. The number of aldehydes is 1. The first kappa shape index (κ1) is 9.71. The molecule has 1 aromatic rings. The van der Waals surface area contributed by atoms with E-state index in [-0.39, 0.29) is 6.10 Å². The van der Waals surface area contributed by atoms with Gasteiger partial charge in [0.15, 0.2) is 0 Å². The standard InChI is InChI=1S/C11H10O4/c1-6-10(11(13)14)8-4-7(5-12)2-3-9(8)15-6/h2-6,10H,1H3,(H,13,14)/t6-,10-/m0/s1. The van der Waals surface area contributed by atoms with Crippen LogP contribution in [0.15, 0.2) is 18.2 Å². The monoisotopic (exact) mass is 206 g/mol. The van der Waals surface area contributed by atoms with Crippen LogP contribution in [-0.4, -0.2) is 23.5 Å². The number of aliphatic carboxylic acids is 1. The van der Waals surface area contributed by atoms with E-state index in [1.165, 1.54) is 0 Å². The van der Waals surface area contributed by atoms with E-state index in [9.17, 15) is 9.59 Å². The number of hydrogen-bond donors (Lipinski definition) is 1. The summed E-state index contributed by atoms with van der Waals surface area (Å²) in [7, 11) is 0. The molecule has 0 aliphatic carbocycles. The largest absolute Gasteiger partial charge is 0.489 e.